The average Bonchev–Trinajstić information content (AvgIpc) is 2.80. The van der Waals surface area contributed by atoms with Gasteiger partial charge in [0.2, 0.25) is 0 Å². The van der Waals surface area contributed by atoms with Gasteiger partial charge in [0.25, 0.3) is 0 Å². The molecule has 0 N–H and O–H groups in total. The van der Waals surface area contributed by atoms with Crippen molar-refractivity contribution >= 4 is 11.9 Å². The second kappa shape index (κ2) is 6.40. The highest BCUT2D eigenvalue weighted by molar-refractivity contribution is 5.84. The van der Waals surface area contributed by atoms with Crippen LogP contribution in [0.5, 0.6) is 0 Å². The van der Waals surface area contributed by atoms with Crippen LogP contribution in [-0.2, 0) is 0 Å². The molecule has 0 saturated heterocycles. The van der Waals surface area contributed by atoms with Crippen molar-refractivity contribution in [2.24, 2.45) is 4.99 Å². The Bertz CT molecular complexity index is 923. The Kier molecular flexibility index (Phi) is 4.30. The number of halogens is 2. The zero-order valence-corrected chi connectivity index (χ0v) is 13.8. The molecular formula is C20H18F2N2. The summed E-state index contributed by atoms with van der Waals surface area (Å²) in [5.41, 5.74) is 5.37. The van der Waals surface area contributed by atoms with Crippen molar-refractivity contribution in [1.82, 2.24) is 4.57 Å². The summed E-state index contributed by atoms with van der Waals surface area (Å²) in [7, 11) is 0. The van der Waals surface area contributed by atoms with E-state index < -0.39 is 11.6 Å². The molecule has 0 aliphatic heterocycles. The maximum absolute atomic E-state index is 13.7. The van der Waals surface area contributed by atoms with Crippen molar-refractivity contribution < 1.29 is 8.78 Å². The molecule has 3 rings (SSSR count). The summed E-state index contributed by atoms with van der Waals surface area (Å²) >= 11 is 0. The third-order valence-corrected chi connectivity index (χ3v) is 3.98. The summed E-state index contributed by atoms with van der Waals surface area (Å²) in [4.78, 5) is 4.16. The number of hydrogen-bond acceptors (Lipinski definition) is 1. The molecule has 2 aromatic carbocycles. The number of aryl methyl sites for hydroxylation is 2. The van der Waals surface area contributed by atoms with Gasteiger partial charge in [0, 0.05) is 34.9 Å². The third kappa shape index (κ3) is 3.13. The molecule has 1 heterocycles. The van der Waals surface area contributed by atoms with Crippen LogP contribution >= 0.6 is 0 Å². The molecule has 2 nitrogen and oxygen atoms in total. The van der Waals surface area contributed by atoms with Gasteiger partial charge in [0.1, 0.15) is 5.82 Å². The maximum Gasteiger partial charge on any atom is 0.151 e. The molecular weight excluding hydrogens is 306 g/mol. The molecule has 0 fully saturated rings. The molecule has 1 aromatic heterocycles. The van der Waals surface area contributed by atoms with Crippen LogP contribution in [0.4, 0.5) is 14.5 Å². The number of hydrogen-bond donors (Lipinski definition) is 0. The van der Waals surface area contributed by atoms with Crippen LogP contribution in [0.15, 0.2) is 53.5 Å². The van der Waals surface area contributed by atoms with Gasteiger partial charge in [-0.05, 0) is 56.7 Å². The average molecular weight is 324 g/mol. The van der Waals surface area contributed by atoms with Crippen LogP contribution in [0.25, 0.3) is 5.69 Å². The molecule has 0 amide bonds. The summed E-state index contributed by atoms with van der Waals surface area (Å²) < 4.78 is 28.8. The molecule has 0 bridgehead atoms. The lowest BCUT2D eigenvalue weighted by atomic mass is 10.2. The first-order valence-electron chi connectivity index (χ1n) is 7.71. The van der Waals surface area contributed by atoms with Crippen LogP contribution in [0.1, 0.15) is 22.5 Å². The lowest BCUT2D eigenvalue weighted by molar-refractivity contribution is 0.585. The second-order valence-electron chi connectivity index (χ2n) is 5.85. The van der Waals surface area contributed by atoms with E-state index in [1.807, 2.05) is 32.0 Å². The fraction of sp³-hybridized carbons (Fsp3) is 0.150. The molecule has 0 aliphatic carbocycles. The van der Waals surface area contributed by atoms with E-state index in [4.69, 9.17) is 0 Å². The lowest BCUT2D eigenvalue weighted by Gasteiger charge is -2.10. The Morgan fingerprint density at radius 1 is 0.958 bits per heavy atom. The molecule has 0 radical (unpaired) electrons. The van der Waals surface area contributed by atoms with E-state index >= 15 is 0 Å². The van der Waals surface area contributed by atoms with Gasteiger partial charge in [-0.2, -0.15) is 0 Å². The Morgan fingerprint density at radius 3 is 2.46 bits per heavy atom. The summed E-state index contributed by atoms with van der Waals surface area (Å²) in [6, 6.07) is 13.6. The van der Waals surface area contributed by atoms with Gasteiger partial charge in [-0.25, -0.2) is 8.78 Å². The predicted molar refractivity (Wildman–Crippen MR) is 93.6 cm³/mol. The van der Waals surface area contributed by atoms with Gasteiger partial charge < -0.3 is 4.57 Å². The first kappa shape index (κ1) is 16.1. The van der Waals surface area contributed by atoms with Gasteiger partial charge in [-0.15, -0.1) is 0 Å². The number of rotatable bonds is 3. The van der Waals surface area contributed by atoms with E-state index in [0.29, 0.717) is 0 Å². The molecule has 4 heteroatoms. The van der Waals surface area contributed by atoms with Crippen LogP contribution in [0.3, 0.4) is 0 Å². The molecule has 0 saturated carbocycles. The predicted octanol–water partition coefficient (Wildman–Crippen LogP) is 5.43. The fourth-order valence-electron chi connectivity index (χ4n) is 2.81. The van der Waals surface area contributed by atoms with Gasteiger partial charge in [-0.1, -0.05) is 12.1 Å². The van der Waals surface area contributed by atoms with Crippen molar-refractivity contribution in [3.05, 3.63) is 82.7 Å². The van der Waals surface area contributed by atoms with Crippen LogP contribution in [-0.4, -0.2) is 10.8 Å². The van der Waals surface area contributed by atoms with Gasteiger partial charge in [0.15, 0.2) is 5.82 Å². The largest absolute Gasteiger partial charge is 0.318 e. The Labute approximate surface area is 140 Å². The fourth-order valence-corrected chi connectivity index (χ4v) is 2.81. The van der Waals surface area contributed by atoms with Crippen LogP contribution in [0.2, 0.25) is 0 Å². The quantitative estimate of drug-likeness (QED) is 0.572. The van der Waals surface area contributed by atoms with Gasteiger partial charge >= 0.3 is 0 Å². The van der Waals surface area contributed by atoms with E-state index in [9.17, 15) is 8.78 Å². The standard InChI is InChI=1S/C20H18F2N2/c1-13-5-4-6-18(9-13)24-14(2)10-16(15(24)3)12-23-20-8-7-17(21)11-19(20)22/h4-12H,1-3H3. The van der Waals surface area contributed by atoms with Gasteiger partial charge in [-0.3, -0.25) is 4.99 Å². The molecule has 122 valence electrons. The topological polar surface area (TPSA) is 17.3 Å². The molecule has 0 atom stereocenters. The first-order chi connectivity index (χ1) is 11.5. The lowest BCUT2D eigenvalue weighted by Crippen LogP contribution is -1.99. The van der Waals surface area contributed by atoms with E-state index in [2.05, 4.69) is 28.6 Å². The normalized spacial score (nSPS) is 11.4. The summed E-state index contributed by atoms with van der Waals surface area (Å²) in [6.45, 7) is 6.07. The second-order valence-corrected chi connectivity index (χ2v) is 5.85. The molecule has 0 aliphatic rings. The number of benzene rings is 2. The number of aromatic nitrogens is 1. The van der Waals surface area contributed by atoms with Crippen molar-refractivity contribution in [3.8, 4) is 5.69 Å². The van der Waals surface area contributed by atoms with Crippen LogP contribution in [0, 0.1) is 32.4 Å². The highest BCUT2D eigenvalue weighted by atomic mass is 19.1. The maximum atomic E-state index is 13.7. The highest BCUT2D eigenvalue weighted by Gasteiger charge is 2.10. The Hall–Kier alpha value is -2.75. The van der Waals surface area contributed by atoms with Crippen molar-refractivity contribution in [2.75, 3.05) is 0 Å². The Morgan fingerprint density at radius 2 is 1.75 bits per heavy atom. The minimum atomic E-state index is -0.668. The van der Waals surface area contributed by atoms with Crippen molar-refractivity contribution in [1.29, 1.82) is 0 Å². The van der Waals surface area contributed by atoms with Crippen molar-refractivity contribution in [3.63, 3.8) is 0 Å². The van der Waals surface area contributed by atoms with Crippen molar-refractivity contribution in [2.45, 2.75) is 20.8 Å². The van der Waals surface area contributed by atoms with Gasteiger partial charge in [0.05, 0.1) is 5.69 Å². The molecule has 3 aromatic rings. The summed E-state index contributed by atoms with van der Waals surface area (Å²) in [5, 5.41) is 0. The summed E-state index contributed by atoms with van der Waals surface area (Å²) in [6.07, 6.45) is 1.62. The van der Waals surface area contributed by atoms with Crippen LogP contribution < -0.4 is 0 Å². The molecule has 0 spiro atoms. The number of nitrogens with zero attached hydrogens (tertiary/aromatic N) is 2. The molecule has 0 unspecified atom stereocenters. The van der Waals surface area contributed by atoms with E-state index in [1.54, 1.807) is 6.21 Å². The Balaban J connectivity index is 1.98. The smallest absolute Gasteiger partial charge is 0.151 e. The molecule has 24 heavy (non-hydrogen) atoms. The monoisotopic (exact) mass is 324 g/mol. The first-order valence-corrected chi connectivity index (χ1v) is 7.71. The minimum absolute atomic E-state index is 0.122. The number of aliphatic imine (C=N–C) groups is 1. The highest BCUT2D eigenvalue weighted by Crippen LogP contribution is 2.22. The zero-order chi connectivity index (χ0) is 17.3. The zero-order valence-electron chi connectivity index (χ0n) is 13.8. The minimum Gasteiger partial charge on any atom is -0.318 e. The third-order valence-electron chi connectivity index (χ3n) is 3.98. The summed E-state index contributed by atoms with van der Waals surface area (Å²) in [5.74, 6) is -1.28. The van der Waals surface area contributed by atoms with E-state index in [1.165, 1.54) is 17.7 Å². The van der Waals surface area contributed by atoms with E-state index in [-0.39, 0.29) is 5.69 Å². The van der Waals surface area contributed by atoms with E-state index in [0.717, 1.165) is 28.7 Å². The SMILES string of the molecule is Cc1cccc(-n2c(C)cc(C=Nc3ccc(F)cc3F)c2C)c1.